The Morgan fingerprint density at radius 3 is 2.62 bits per heavy atom. The Morgan fingerprint density at radius 2 is 1.95 bits per heavy atom. The van der Waals surface area contributed by atoms with Crippen LogP contribution in [0.5, 0.6) is 11.6 Å². The minimum Gasteiger partial charge on any atom is -0.439 e. The number of rotatable bonds is 4. The van der Waals surface area contributed by atoms with Crippen LogP contribution in [-0.4, -0.2) is 12.0 Å². The van der Waals surface area contributed by atoms with Gasteiger partial charge in [-0.2, -0.15) is 0 Å². The molecule has 1 N–H and O–H groups in total. The van der Waals surface area contributed by atoms with Crippen LogP contribution in [0, 0.1) is 0 Å². The van der Waals surface area contributed by atoms with Gasteiger partial charge in [-0.15, -0.1) is 0 Å². The molecule has 0 spiro atoms. The van der Waals surface area contributed by atoms with Crippen molar-refractivity contribution >= 4 is 11.6 Å². The number of hydrogen-bond acceptors (Lipinski definition) is 3. The molecule has 2 aromatic rings. The fourth-order valence-electron chi connectivity index (χ4n) is 1.96. The average molecular weight is 305 g/mol. The van der Waals surface area contributed by atoms with E-state index < -0.39 is 0 Å². The highest BCUT2D eigenvalue weighted by Gasteiger charge is 2.14. The first-order chi connectivity index (χ1) is 9.90. The first kappa shape index (κ1) is 15.8. The Labute approximate surface area is 131 Å². The minimum atomic E-state index is 0.0874. The SMILES string of the molecule is CNCc1nc(Oc2cccc(C(C)(C)C)c2)ccc1Cl. The summed E-state index contributed by atoms with van der Waals surface area (Å²) in [6, 6.07) is 11.7. The maximum atomic E-state index is 6.10. The molecule has 3 nitrogen and oxygen atoms in total. The van der Waals surface area contributed by atoms with E-state index in [-0.39, 0.29) is 5.41 Å². The summed E-state index contributed by atoms with van der Waals surface area (Å²) in [7, 11) is 1.86. The van der Waals surface area contributed by atoms with Crippen molar-refractivity contribution in [3.8, 4) is 11.6 Å². The smallest absolute Gasteiger partial charge is 0.219 e. The highest BCUT2D eigenvalue weighted by molar-refractivity contribution is 6.31. The topological polar surface area (TPSA) is 34.2 Å². The number of halogens is 1. The third kappa shape index (κ3) is 4.19. The molecule has 0 aliphatic rings. The van der Waals surface area contributed by atoms with Gasteiger partial charge in [0.2, 0.25) is 5.88 Å². The molecule has 21 heavy (non-hydrogen) atoms. The van der Waals surface area contributed by atoms with Crippen LogP contribution in [0.1, 0.15) is 32.0 Å². The van der Waals surface area contributed by atoms with E-state index in [9.17, 15) is 0 Å². The van der Waals surface area contributed by atoms with E-state index in [2.05, 4.69) is 37.1 Å². The summed E-state index contributed by atoms with van der Waals surface area (Å²) >= 11 is 6.10. The van der Waals surface area contributed by atoms with Crippen LogP contribution in [0.3, 0.4) is 0 Å². The lowest BCUT2D eigenvalue weighted by Gasteiger charge is -2.19. The summed E-state index contributed by atoms with van der Waals surface area (Å²) in [5.41, 5.74) is 2.09. The van der Waals surface area contributed by atoms with Gasteiger partial charge in [0.1, 0.15) is 5.75 Å². The van der Waals surface area contributed by atoms with Crippen LogP contribution >= 0.6 is 11.6 Å². The van der Waals surface area contributed by atoms with Crippen LogP contribution in [0.4, 0.5) is 0 Å². The van der Waals surface area contributed by atoms with Crippen molar-refractivity contribution in [1.29, 1.82) is 0 Å². The molecule has 0 aliphatic carbocycles. The lowest BCUT2D eigenvalue weighted by molar-refractivity contribution is 0.457. The Morgan fingerprint density at radius 1 is 1.19 bits per heavy atom. The van der Waals surface area contributed by atoms with E-state index in [1.165, 1.54) is 5.56 Å². The summed E-state index contributed by atoms with van der Waals surface area (Å²) in [6.07, 6.45) is 0. The van der Waals surface area contributed by atoms with Gasteiger partial charge >= 0.3 is 0 Å². The van der Waals surface area contributed by atoms with Gasteiger partial charge < -0.3 is 10.1 Å². The number of ether oxygens (including phenoxy) is 1. The van der Waals surface area contributed by atoms with Crippen molar-refractivity contribution in [1.82, 2.24) is 10.3 Å². The number of pyridine rings is 1. The van der Waals surface area contributed by atoms with Crippen LogP contribution in [-0.2, 0) is 12.0 Å². The van der Waals surface area contributed by atoms with Crippen molar-refractivity contribution in [2.75, 3.05) is 7.05 Å². The molecule has 0 atom stereocenters. The standard InChI is InChI=1S/C17H21ClN2O/c1-17(2,3)12-6-5-7-13(10-12)21-16-9-8-14(18)15(20-16)11-19-4/h5-10,19H,11H2,1-4H3. The van der Waals surface area contributed by atoms with Gasteiger partial charge in [-0.3, -0.25) is 0 Å². The largest absolute Gasteiger partial charge is 0.439 e. The summed E-state index contributed by atoms with van der Waals surface area (Å²) in [6.45, 7) is 7.14. The molecule has 1 aromatic carbocycles. The molecule has 1 aromatic heterocycles. The quantitative estimate of drug-likeness (QED) is 0.900. The summed E-state index contributed by atoms with van der Waals surface area (Å²) in [4.78, 5) is 4.43. The zero-order chi connectivity index (χ0) is 15.5. The fourth-order valence-corrected chi connectivity index (χ4v) is 2.13. The second-order valence-corrected chi connectivity index (χ2v) is 6.40. The molecule has 0 unspecified atom stereocenters. The van der Waals surface area contributed by atoms with Crippen LogP contribution < -0.4 is 10.1 Å². The van der Waals surface area contributed by atoms with E-state index in [1.54, 1.807) is 6.07 Å². The first-order valence-electron chi connectivity index (χ1n) is 6.98. The maximum Gasteiger partial charge on any atom is 0.219 e. The number of nitrogens with one attached hydrogen (secondary N) is 1. The van der Waals surface area contributed by atoms with Gasteiger partial charge in [-0.25, -0.2) is 4.98 Å². The van der Waals surface area contributed by atoms with Gasteiger partial charge in [0, 0.05) is 12.6 Å². The highest BCUT2D eigenvalue weighted by atomic mass is 35.5. The Balaban J connectivity index is 2.24. The van der Waals surface area contributed by atoms with Crippen molar-refractivity contribution < 1.29 is 4.74 Å². The zero-order valence-electron chi connectivity index (χ0n) is 12.9. The molecule has 0 bridgehead atoms. The van der Waals surface area contributed by atoms with E-state index >= 15 is 0 Å². The van der Waals surface area contributed by atoms with Gasteiger partial charge in [-0.1, -0.05) is 44.5 Å². The molecule has 4 heteroatoms. The molecular formula is C17H21ClN2O. The number of hydrogen-bond donors (Lipinski definition) is 1. The van der Waals surface area contributed by atoms with Crippen molar-refractivity contribution in [3.63, 3.8) is 0 Å². The molecule has 0 radical (unpaired) electrons. The van der Waals surface area contributed by atoms with Crippen molar-refractivity contribution in [3.05, 3.63) is 52.7 Å². The molecule has 0 aliphatic heterocycles. The third-order valence-electron chi connectivity index (χ3n) is 3.16. The monoisotopic (exact) mass is 304 g/mol. The molecule has 112 valence electrons. The predicted molar refractivity (Wildman–Crippen MR) is 87.2 cm³/mol. The molecular weight excluding hydrogens is 284 g/mol. The van der Waals surface area contributed by atoms with E-state index in [1.807, 2.05) is 31.3 Å². The van der Waals surface area contributed by atoms with Gasteiger partial charge in [-0.05, 0) is 36.2 Å². The van der Waals surface area contributed by atoms with E-state index in [0.29, 0.717) is 17.4 Å². The molecule has 2 rings (SSSR count). The summed E-state index contributed by atoms with van der Waals surface area (Å²) in [5, 5.41) is 3.68. The Hall–Kier alpha value is -1.58. The molecule has 0 fully saturated rings. The van der Waals surface area contributed by atoms with Crippen molar-refractivity contribution in [2.24, 2.45) is 0 Å². The van der Waals surface area contributed by atoms with Gasteiger partial charge in [0.25, 0.3) is 0 Å². The summed E-state index contributed by atoms with van der Waals surface area (Å²) in [5.74, 6) is 1.34. The predicted octanol–water partition coefficient (Wildman–Crippen LogP) is 4.54. The Kier molecular flexibility index (Phi) is 4.86. The van der Waals surface area contributed by atoms with Gasteiger partial charge in [0.15, 0.2) is 0 Å². The number of aromatic nitrogens is 1. The number of nitrogens with zero attached hydrogens (tertiary/aromatic N) is 1. The molecule has 1 heterocycles. The van der Waals surface area contributed by atoms with Gasteiger partial charge in [0.05, 0.1) is 10.7 Å². The molecule has 0 amide bonds. The first-order valence-corrected chi connectivity index (χ1v) is 7.36. The molecule has 0 saturated heterocycles. The second-order valence-electron chi connectivity index (χ2n) is 5.99. The zero-order valence-corrected chi connectivity index (χ0v) is 13.7. The lowest BCUT2D eigenvalue weighted by Crippen LogP contribution is -2.10. The Bertz CT molecular complexity index is 620. The highest BCUT2D eigenvalue weighted by Crippen LogP contribution is 2.28. The van der Waals surface area contributed by atoms with Crippen molar-refractivity contribution in [2.45, 2.75) is 32.7 Å². The normalized spacial score (nSPS) is 11.5. The van der Waals surface area contributed by atoms with Crippen LogP contribution in [0.15, 0.2) is 36.4 Å². The average Bonchev–Trinajstić information content (AvgIpc) is 2.42. The maximum absolute atomic E-state index is 6.10. The molecule has 0 saturated carbocycles. The fraction of sp³-hybridized carbons (Fsp3) is 0.353. The lowest BCUT2D eigenvalue weighted by atomic mass is 9.87. The van der Waals surface area contributed by atoms with Crippen LogP contribution in [0.25, 0.3) is 0 Å². The number of benzene rings is 1. The minimum absolute atomic E-state index is 0.0874. The van der Waals surface area contributed by atoms with Crippen LogP contribution in [0.2, 0.25) is 5.02 Å². The third-order valence-corrected chi connectivity index (χ3v) is 3.50. The second kappa shape index (κ2) is 6.46. The van der Waals surface area contributed by atoms with E-state index in [0.717, 1.165) is 11.4 Å². The van der Waals surface area contributed by atoms with E-state index in [4.69, 9.17) is 16.3 Å². The summed E-state index contributed by atoms with van der Waals surface area (Å²) < 4.78 is 5.86.